The lowest BCUT2D eigenvalue weighted by atomic mass is 10.0. The Hall–Kier alpha value is -0.770. The monoisotopic (exact) mass is 214 g/mol. The normalized spacial score (nSPS) is 26.4. The Kier molecular flexibility index (Phi) is 3.97. The van der Waals surface area contributed by atoms with Crippen LogP contribution in [0.1, 0.15) is 40.0 Å². The van der Waals surface area contributed by atoms with Crippen LogP contribution >= 0.6 is 0 Å². The molecule has 1 fully saturated rings. The van der Waals surface area contributed by atoms with Gasteiger partial charge in [0.05, 0.1) is 0 Å². The Bertz CT molecular complexity index is 223. The third-order valence-corrected chi connectivity index (χ3v) is 2.66. The molecule has 0 radical (unpaired) electrons. The van der Waals surface area contributed by atoms with Crippen molar-refractivity contribution in [2.75, 3.05) is 6.54 Å². The van der Waals surface area contributed by atoms with Crippen molar-refractivity contribution in [3.63, 3.8) is 0 Å². The van der Waals surface area contributed by atoms with Gasteiger partial charge in [-0.15, -0.1) is 0 Å². The predicted octanol–water partition coefficient (Wildman–Crippen LogP) is 1.64. The van der Waals surface area contributed by atoms with E-state index >= 15 is 0 Å². The van der Waals surface area contributed by atoms with E-state index in [4.69, 9.17) is 10.5 Å². The highest BCUT2D eigenvalue weighted by molar-refractivity contribution is 5.68. The maximum atomic E-state index is 11.5. The second-order valence-electron chi connectivity index (χ2n) is 5.18. The second kappa shape index (κ2) is 4.84. The molecule has 0 bridgehead atoms. The van der Waals surface area contributed by atoms with Gasteiger partial charge in [0.15, 0.2) is 0 Å². The van der Waals surface area contributed by atoms with E-state index in [0.29, 0.717) is 12.5 Å². The molecular formula is C11H22N2O2. The molecule has 1 saturated carbocycles. The molecule has 0 aliphatic heterocycles. The number of hydrogen-bond donors (Lipinski definition) is 2. The summed E-state index contributed by atoms with van der Waals surface area (Å²) < 4.78 is 5.20. The molecular weight excluding hydrogens is 192 g/mol. The number of rotatable bonds is 2. The van der Waals surface area contributed by atoms with Gasteiger partial charge in [-0.3, -0.25) is 0 Å². The van der Waals surface area contributed by atoms with E-state index in [-0.39, 0.29) is 12.1 Å². The molecule has 1 aliphatic rings. The highest BCUT2D eigenvalue weighted by Gasteiger charge is 2.28. The van der Waals surface area contributed by atoms with E-state index in [1.165, 1.54) is 0 Å². The molecule has 0 heterocycles. The minimum atomic E-state index is -0.430. The van der Waals surface area contributed by atoms with Gasteiger partial charge in [-0.2, -0.15) is 0 Å². The average Bonchev–Trinajstić information content (AvgIpc) is 2.48. The Labute approximate surface area is 91.5 Å². The fraction of sp³-hybridized carbons (Fsp3) is 0.909. The van der Waals surface area contributed by atoms with E-state index in [9.17, 15) is 4.79 Å². The summed E-state index contributed by atoms with van der Waals surface area (Å²) in [6.07, 6.45) is 2.94. The lowest BCUT2D eigenvalue weighted by molar-refractivity contribution is 0.0494. The molecule has 15 heavy (non-hydrogen) atoms. The van der Waals surface area contributed by atoms with Crippen molar-refractivity contribution in [2.24, 2.45) is 11.7 Å². The van der Waals surface area contributed by atoms with Crippen LogP contribution in [0, 0.1) is 5.92 Å². The molecule has 1 aliphatic carbocycles. The summed E-state index contributed by atoms with van der Waals surface area (Å²) in [6.45, 7) is 6.23. The molecule has 0 saturated heterocycles. The third kappa shape index (κ3) is 4.08. The Morgan fingerprint density at radius 1 is 1.47 bits per heavy atom. The number of nitrogens with one attached hydrogen (secondary N) is 1. The first-order chi connectivity index (χ1) is 6.92. The van der Waals surface area contributed by atoms with Crippen molar-refractivity contribution in [3.05, 3.63) is 0 Å². The molecule has 0 aromatic heterocycles. The molecule has 3 N–H and O–H groups in total. The standard InChI is InChI=1S/C11H22N2O2/c1-11(2,3)15-10(14)13-9-6-4-5-8(9)7-12/h8-9H,4-7,12H2,1-3H3,(H,13,14)/t8-,9-/m0/s1. The van der Waals surface area contributed by atoms with Crippen molar-refractivity contribution in [1.82, 2.24) is 5.32 Å². The number of alkyl carbamates (subject to hydrolysis) is 1. The molecule has 1 rings (SSSR count). The van der Waals surface area contributed by atoms with Crippen LogP contribution in [0.15, 0.2) is 0 Å². The summed E-state index contributed by atoms with van der Waals surface area (Å²) in [5, 5.41) is 2.90. The molecule has 4 nitrogen and oxygen atoms in total. The number of carbonyl (C=O) groups excluding carboxylic acids is 1. The second-order valence-corrected chi connectivity index (χ2v) is 5.18. The van der Waals surface area contributed by atoms with Crippen molar-refractivity contribution in [2.45, 2.75) is 51.7 Å². The summed E-state index contributed by atoms with van der Waals surface area (Å²) in [4.78, 5) is 11.5. The summed E-state index contributed by atoms with van der Waals surface area (Å²) in [7, 11) is 0. The van der Waals surface area contributed by atoms with Crippen LogP contribution in [0.2, 0.25) is 0 Å². The first kappa shape index (κ1) is 12.3. The van der Waals surface area contributed by atoms with Gasteiger partial charge in [0, 0.05) is 6.04 Å². The van der Waals surface area contributed by atoms with Gasteiger partial charge in [-0.25, -0.2) is 4.79 Å². The highest BCUT2D eigenvalue weighted by Crippen LogP contribution is 2.24. The van der Waals surface area contributed by atoms with Crippen LogP contribution in [0.3, 0.4) is 0 Å². The van der Waals surface area contributed by atoms with Crippen LogP contribution in [-0.2, 0) is 4.74 Å². The third-order valence-electron chi connectivity index (χ3n) is 2.66. The van der Waals surface area contributed by atoms with Crippen molar-refractivity contribution in [1.29, 1.82) is 0 Å². The van der Waals surface area contributed by atoms with E-state index < -0.39 is 5.60 Å². The van der Waals surface area contributed by atoms with Crippen molar-refractivity contribution >= 4 is 6.09 Å². The number of ether oxygens (including phenoxy) is 1. The van der Waals surface area contributed by atoms with Crippen molar-refractivity contribution < 1.29 is 9.53 Å². The van der Waals surface area contributed by atoms with Gasteiger partial charge < -0.3 is 15.8 Å². The summed E-state index contributed by atoms with van der Waals surface area (Å²) >= 11 is 0. The zero-order valence-corrected chi connectivity index (χ0v) is 9.88. The Balaban J connectivity index is 2.37. The molecule has 0 aromatic rings. The van der Waals surface area contributed by atoms with Gasteiger partial charge in [0.2, 0.25) is 0 Å². The van der Waals surface area contributed by atoms with Crippen molar-refractivity contribution in [3.8, 4) is 0 Å². The topological polar surface area (TPSA) is 64.3 Å². The number of nitrogens with two attached hydrogens (primary N) is 1. The highest BCUT2D eigenvalue weighted by atomic mass is 16.6. The van der Waals surface area contributed by atoms with Crippen LogP contribution in [0.25, 0.3) is 0 Å². The minimum Gasteiger partial charge on any atom is -0.444 e. The van der Waals surface area contributed by atoms with E-state index in [1.807, 2.05) is 20.8 Å². The first-order valence-corrected chi connectivity index (χ1v) is 5.62. The predicted molar refractivity (Wildman–Crippen MR) is 59.6 cm³/mol. The average molecular weight is 214 g/mol. The SMILES string of the molecule is CC(C)(C)OC(=O)N[C@H]1CCC[C@H]1CN. The van der Waals surface area contributed by atoms with Crippen LogP contribution < -0.4 is 11.1 Å². The van der Waals surface area contributed by atoms with Gasteiger partial charge >= 0.3 is 6.09 Å². The molecule has 4 heteroatoms. The van der Waals surface area contributed by atoms with Crippen LogP contribution in [0.5, 0.6) is 0 Å². The summed E-state index contributed by atoms with van der Waals surface area (Å²) in [5.41, 5.74) is 5.21. The lowest BCUT2D eigenvalue weighted by Gasteiger charge is -2.24. The zero-order chi connectivity index (χ0) is 11.5. The largest absolute Gasteiger partial charge is 0.444 e. The maximum absolute atomic E-state index is 11.5. The van der Waals surface area contributed by atoms with Crippen LogP contribution in [0.4, 0.5) is 4.79 Å². The smallest absolute Gasteiger partial charge is 0.407 e. The fourth-order valence-electron chi connectivity index (χ4n) is 1.97. The molecule has 0 aromatic carbocycles. The minimum absolute atomic E-state index is 0.199. The van der Waals surface area contributed by atoms with Gasteiger partial charge in [0.1, 0.15) is 5.60 Å². The van der Waals surface area contributed by atoms with E-state index in [1.54, 1.807) is 0 Å². The number of hydrogen-bond acceptors (Lipinski definition) is 3. The number of carbonyl (C=O) groups is 1. The van der Waals surface area contributed by atoms with Gasteiger partial charge in [-0.05, 0) is 46.1 Å². The van der Waals surface area contributed by atoms with E-state index in [0.717, 1.165) is 19.3 Å². The lowest BCUT2D eigenvalue weighted by Crippen LogP contribution is -2.42. The first-order valence-electron chi connectivity index (χ1n) is 5.62. The molecule has 0 spiro atoms. The molecule has 1 amide bonds. The van der Waals surface area contributed by atoms with Gasteiger partial charge in [-0.1, -0.05) is 6.42 Å². The van der Waals surface area contributed by atoms with Crippen LogP contribution in [-0.4, -0.2) is 24.3 Å². The fourth-order valence-corrected chi connectivity index (χ4v) is 1.97. The van der Waals surface area contributed by atoms with Gasteiger partial charge in [0.25, 0.3) is 0 Å². The van der Waals surface area contributed by atoms with E-state index in [2.05, 4.69) is 5.32 Å². The number of amides is 1. The molecule has 2 atom stereocenters. The maximum Gasteiger partial charge on any atom is 0.407 e. The quantitative estimate of drug-likeness (QED) is 0.734. The molecule has 0 unspecified atom stereocenters. The Morgan fingerprint density at radius 2 is 2.13 bits per heavy atom. The summed E-state index contributed by atoms with van der Waals surface area (Å²) in [5.74, 6) is 0.414. The Morgan fingerprint density at radius 3 is 2.67 bits per heavy atom. The zero-order valence-electron chi connectivity index (χ0n) is 9.88. The molecule has 88 valence electrons. The summed E-state index contributed by atoms with van der Waals surface area (Å²) in [6, 6.07) is 0.199.